The van der Waals surface area contributed by atoms with Crippen molar-refractivity contribution in [2.75, 3.05) is 7.05 Å². The minimum atomic E-state index is -4.57. The molecule has 0 bridgehead atoms. The average Bonchev–Trinajstić information content (AvgIpc) is 2.36. The van der Waals surface area contributed by atoms with E-state index in [0.29, 0.717) is 4.31 Å². The SMILES string of the molecule is CN(C(C)(C)C(=O)O)S(=O)(=O)c1cccc(F)c1[N+](=O)[O-]. The van der Waals surface area contributed by atoms with Crippen LogP contribution < -0.4 is 0 Å². The van der Waals surface area contributed by atoms with Crippen molar-refractivity contribution in [1.82, 2.24) is 4.31 Å². The molecule has 0 atom stereocenters. The number of nitrogens with zero attached hydrogens (tertiary/aromatic N) is 2. The number of hydrogen-bond donors (Lipinski definition) is 1. The number of carboxylic acid groups (broad SMARTS) is 1. The van der Waals surface area contributed by atoms with E-state index in [4.69, 9.17) is 5.11 Å². The highest BCUT2D eigenvalue weighted by Crippen LogP contribution is 2.31. The van der Waals surface area contributed by atoms with Gasteiger partial charge >= 0.3 is 11.7 Å². The van der Waals surface area contributed by atoms with E-state index in [-0.39, 0.29) is 0 Å². The molecule has 1 aromatic carbocycles. The molecule has 0 aromatic heterocycles. The lowest BCUT2D eigenvalue weighted by molar-refractivity contribution is -0.390. The molecule has 0 saturated heterocycles. The highest BCUT2D eigenvalue weighted by atomic mass is 32.2. The van der Waals surface area contributed by atoms with E-state index in [1.807, 2.05) is 0 Å². The maximum atomic E-state index is 13.5. The molecule has 1 aromatic rings. The van der Waals surface area contributed by atoms with Crippen LogP contribution >= 0.6 is 0 Å². The third-order valence-electron chi connectivity index (χ3n) is 3.08. The smallest absolute Gasteiger partial charge is 0.324 e. The van der Waals surface area contributed by atoms with Crippen molar-refractivity contribution in [1.29, 1.82) is 0 Å². The van der Waals surface area contributed by atoms with Crippen molar-refractivity contribution < 1.29 is 27.6 Å². The maximum absolute atomic E-state index is 13.5. The van der Waals surface area contributed by atoms with Crippen molar-refractivity contribution >= 4 is 21.7 Å². The summed E-state index contributed by atoms with van der Waals surface area (Å²) in [5, 5.41) is 19.9. The van der Waals surface area contributed by atoms with Crippen LogP contribution in [0.5, 0.6) is 0 Å². The summed E-state index contributed by atoms with van der Waals surface area (Å²) in [4.78, 5) is 19.9. The Hall–Kier alpha value is -2.07. The summed E-state index contributed by atoms with van der Waals surface area (Å²) in [5.74, 6) is -2.77. The van der Waals surface area contributed by atoms with Gasteiger partial charge in [-0.1, -0.05) is 6.07 Å². The Labute approximate surface area is 120 Å². The first-order valence-corrected chi connectivity index (χ1v) is 7.03. The number of carboxylic acids is 1. The second-order valence-electron chi connectivity index (χ2n) is 4.68. The van der Waals surface area contributed by atoms with Gasteiger partial charge in [0.15, 0.2) is 4.90 Å². The number of rotatable bonds is 5. The van der Waals surface area contributed by atoms with Crippen molar-refractivity contribution in [2.24, 2.45) is 0 Å². The molecule has 0 aliphatic heterocycles. The fraction of sp³-hybridized carbons (Fsp3) is 0.364. The number of likely N-dealkylation sites (N-methyl/N-ethyl adjacent to an activating group) is 1. The van der Waals surface area contributed by atoms with Gasteiger partial charge in [-0.25, -0.2) is 8.42 Å². The van der Waals surface area contributed by atoms with Gasteiger partial charge in [-0.05, 0) is 26.0 Å². The van der Waals surface area contributed by atoms with Crippen LogP contribution in [0.25, 0.3) is 0 Å². The predicted octanol–water partition coefficient (Wildman–Crippen LogP) is 1.22. The van der Waals surface area contributed by atoms with Crippen LogP contribution in [0.3, 0.4) is 0 Å². The molecule has 0 radical (unpaired) electrons. The van der Waals surface area contributed by atoms with Gasteiger partial charge in [0.1, 0.15) is 5.54 Å². The first-order chi connectivity index (χ1) is 9.44. The van der Waals surface area contributed by atoms with Crippen LogP contribution in [0.15, 0.2) is 23.1 Å². The zero-order valence-corrected chi connectivity index (χ0v) is 12.2. The molecule has 21 heavy (non-hydrogen) atoms. The van der Waals surface area contributed by atoms with Gasteiger partial charge in [0.05, 0.1) is 4.92 Å². The fourth-order valence-electron chi connectivity index (χ4n) is 1.46. The first kappa shape index (κ1) is 17.0. The van der Waals surface area contributed by atoms with Gasteiger partial charge in [0.25, 0.3) is 10.0 Å². The van der Waals surface area contributed by atoms with Crippen LogP contribution in [0.2, 0.25) is 0 Å². The zero-order valence-electron chi connectivity index (χ0n) is 11.4. The van der Waals surface area contributed by atoms with Crippen LogP contribution in [0.1, 0.15) is 13.8 Å². The molecule has 0 unspecified atom stereocenters. The summed E-state index contributed by atoms with van der Waals surface area (Å²) in [6, 6.07) is 2.60. The Morgan fingerprint density at radius 3 is 2.38 bits per heavy atom. The van der Waals surface area contributed by atoms with Gasteiger partial charge in [-0.15, -0.1) is 0 Å². The molecule has 1 N–H and O–H groups in total. The van der Waals surface area contributed by atoms with Crippen LogP contribution in [0.4, 0.5) is 10.1 Å². The highest BCUT2D eigenvalue weighted by molar-refractivity contribution is 7.89. The van der Waals surface area contributed by atoms with Crippen molar-refractivity contribution in [3.05, 3.63) is 34.1 Å². The Morgan fingerprint density at radius 2 is 1.95 bits per heavy atom. The number of benzene rings is 1. The van der Waals surface area contributed by atoms with Crippen LogP contribution in [0, 0.1) is 15.9 Å². The molecule has 1 rings (SSSR count). The molecule has 0 aliphatic rings. The number of hydrogen-bond acceptors (Lipinski definition) is 5. The van der Waals surface area contributed by atoms with Gasteiger partial charge in [0, 0.05) is 7.05 Å². The van der Waals surface area contributed by atoms with Gasteiger partial charge in [0.2, 0.25) is 5.82 Å². The average molecular weight is 320 g/mol. The lowest BCUT2D eigenvalue weighted by Gasteiger charge is -2.30. The summed E-state index contributed by atoms with van der Waals surface area (Å²) in [7, 11) is -3.61. The van der Waals surface area contributed by atoms with Crippen LogP contribution in [-0.4, -0.2) is 41.3 Å². The number of para-hydroxylation sites is 1. The first-order valence-electron chi connectivity index (χ1n) is 5.59. The van der Waals surface area contributed by atoms with Gasteiger partial charge < -0.3 is 5.11 Å². The summed E-state index contributed by atoms with van der Waals surface area (Å²) < 4.78 is 38.7. The Bertz CT molecular complexity index is 701. The van der Waals surface area contributed by atoms with Crippen molar-refractivity contribution in [3.8, 4) is 0 Å². The van der Waals surface area contributed by atoms with E-state index in [1.54, 1.807) is 0 Å². The molecule has 8 nitrogen and oxygen atoms in total. The summed E-state index contributed by atoms with van der Waals surface area (Å²) in [5.41, 5.74) is -3.08. The Balaban J connectivity index is 3.57. The molecule has 0 spiro atoms. The van der Waals surface area contributed by atoms with E-state index in [1.165, 1.54) is 0 Å². The Morgan fingerprint density at radius 1 is 1.43 bits per heavy atom. The minimum Gasteiger partial charge on any atom is -0.480 e. The number of aliphatic carboxylic acids is 1. The van der Waals surface area contributed by atoms with E-state index >= 15 is 0 Å². The van der Waals surface area contributed by atoms with Crippen LogP contribution in [-0.2, 0) is 14.8 Å². The largest absolute Gasteiger partial charge is 0.480 e. The summed E-state index contributed by atoms with van der Waals surface area (Å²) in [6.45, 7) is 2.22. The predicted molar refractivity (Wildman–Crippen MR) is 69.7 cm³/mol. The van der Waals surface area contributed by atoms with E-state index < -0.39 is 42.9 Å². The Kier molecular flexibility index (Phi) is 4.34. The van der Waals surface area contributed by atoms with Gasteiger partial charge in [-0.2, -0.15) is 8.70 Å². The molecule has 116 valence electrons. The number of nitro benzene ring substituents is 1. The molecule has 0 heterocycles. The second kappa shape index (κ2) is 5.37. The third-order valence-corrected chi connectivity index (χ3v) is 5.14. The standard InChI is InChI=1S/C11H13FN2O6S/c1-11(2,10(15)16)13(3)21(19,20)8-6-4-5-7(12)9(8)14(17)18/h4-6H,1-3H3,(H,15,16). The quantitative estimate of drug-likeness (QED) is 0.643. The molecule has 0 aliphatic carbocycles. The topological polar surface area (TPSA) is 118 Å². The van der Waals surface area contributed by atoms with E-state index in [2.05, 4.69) is 0 Å². The fourth-order valence-corrected chi connectivity index (χ4v) is 3.10. The maximum Gasteiger partial charge on any atom is 0.324 e. The molecular weight excluding hydrogens is 307 g/mol. The zero-order chi connectivity index (χ0) is 16.6. The summed E-state index contributed by atoms with van der Waals surface area (Å²) in [6.07, 6.45) is 0. The second-order valence-corrected chi connectivity index (χ2v) is 6.62. The molecular formula is C11H13FN2O6S. The normalized spacial score (nSPS) is 12.4. The van der Waals surface area contributed by atoms with Crippen molar-refractivity contribution in [3.63, 3.8) is 0 Å². The third kappa shape index (κ3) is 2.85. The molecule has 0 saturated carbocycles. The molecule has 0 amide bonds. The highest BCUT2D eigenvalue weighted by Gasteiger charge is 2.43. The molecule has 10 heteroatoms. The van der Waals surface area contributed by atoms with E-state index in [0.717, 1.165) is 39.1 Å². The number of halogens is 1. The monoisotopic (exact) mass is 320 g/mol. The summed E-state index contributed by atoms with van der Waals surface area (Å²) >= 11 is 0. The minimum absolute atomic E-state index is 0.449. The van der Waals surface area contributed by atoms with Gasteiger partial charge in [-0.3, -0.25) is 14.9 Å². The van der Waals surface area contributed by atoms with Crippen molar-refractivity contribution in [2.45, 2.75) is 24.3 Å². The number of carbonyl (C=O) groups is 1. The number of sulfonamides is 1. The number of nitro groups is 1. The lowest BCUT2D eigenvalue weighted by Crippen LogP contribution is -2.50. The molecule has 0 fully saturated rings. The van der Waals surface area contributed by atoms with E-state index in [9.17, 15) is 27.7 Å². The lowest BCUT2D eigenvalue weighted by atomic mass is 10.1.